The molecule has 0 radical (unpaired) electrons. The van der Waals surface area contributed by atoms with E-state index in [2.05, 4.69) is 4.98 Å². The van der Waals surface area contributed by atoms with E-state index in [1.807, 2.05) is 36.1 Å². The summed E-state index contributed by atoms with van der Waals surface area (Å²) in [4.78, 5) is 36.4. The van der Waals surface area contributed by atoms with Gasteiger partial charge < -0.3 is 18.7 Å². The van der Waals surface area contributed by atoms with E-state index in [9.17, 15) is 18.6 Å². The van der Waals surface area contributed by atoms with Gasteiger partial charge in [0.1, 0.15) is 24.1 Å². The number of carbonyl (C=O) groups is 3. The third-order valence-electron chi connectivity index (χ3n) is 4.28. The molecular weight excluding hydrogens is 416 g/mol. The molecule has 1 fully saturated rings. The number of rotatable bonds is 6. The lowest BCUT2D eigenvalue weighted by molar-refractivity contribution is -0.129. The van der Waals surface area contributed by atoms with E-state index in [4.69, 9.17) is 4.18 Å². The van der Waals surface area contributed by atoms with E-state index in [1.165, 1.54) is 19.3 Å². The minimum Gasteiger partial charge on any atom is -0.400 e. The average molecular weight is 447 g/mol. The van der Waals surface area contributed by atoms with Crippen LogP contribution in [-0.4, -0.2) is 51.4 Å². The number of hydrogen-bond donors (Lipinski definition) is 0. The first-order valence-corrected chi connectivity index (χ1v) is 11.4. The van der Waals surface area contributed by atoms with Crippen LogP contribution < -0.4 is 4.18 Å². The molecule has 1 unspecified atom stereocenters. The Bertz CT molecular complexity index is 806. The zero-order valence-electron chi connectivity index (χ0n) is 18.1. The van der Waals surface area contributed by atoms with Gasteiger partial charge in [0.15, 0.2) is 0 Å². The number of aryl methyl sites for hydroxylation is 1. The molecule has 1 amide bonds. The highest BCUT2D eigenvalue weighted by molar-refractivity contribution is 7.81. The van der Waals surface area contributed by atoms with Crippen molar-refractivity contribution < 1.29 is 22.8 Å². The third-order valence-corrected chi connectivity index (χ3v) is 5.07. The van der Waals surface area contributed by atoms with Crippen LogP contribution in [0.15, 0.2) is 48.8 Å². The van der Waals surface area contributed by atoms with Crippen molar-refractivity contribution in [1.29, 1.82) is 0 Å². The Labute approximate surface area is 186 Å². The van der Waals surface area contributed by atoms with Crippen LogP contribution in [0.1, 0.15) is 37.3 Å². The van der Waals surface area contributed by atoms with E-state index >= 15 is 0 Å². The van der Waals surface area contributed by atoms with Crippen molar-refractivity contribution in [3.05, 3.63) is 59.9 Å². The van der Waals surface area contributed by atoms with Gasteiger partial charge in [0, 0.05) is 38.8 Å². The van der Waals surface area contributed by atoms with Crippen molar-refractivity contribution in [2.24, 2.45) is 0 Å². The predicted molar refractivity (Wildman–Crippen MR) is 121 cm³/mol. The molecule has 0 bridgehead atoms. The Kier molecular flexibility index (Phi) is 13.4. The third kappa shape index (κ3) is 12.4. The summed E-state index contributed by atoms with van der Waals surface area (Å²) < 4.78 is 15.9. The summed E-state index contributed by atoms with van der Waals surface area (Å²) in [5.41, 5.74) is 2.12. The predicted octanol–water partition coefficient (Wildman–Crippen LogP) is 3.08. The fourth-order valence-corrected chi connectivity index (χ4v) is 3.12. The molecule has 2 heterocycles. The fraction of sp³-hybridized carbons (Fsp3) is 0.391. The molecule has 8 heteroatoms. The van der Waals surface area contributed by atoms with E-state index in [0.717, 1.165) is 30.5 Å². The van der Waals surface area contributed by atoms with Gasteiger partial charge in [0.05, 0.1) is 0 Å². The summed E-state index contributed by atoms with van der Waals surface area (Å²) in [6.45, 7) is 5.56. The van der Waals surface area contributed by atoms with E-state index in [0.29, 0.717) is 18.5 Å². The lowest BCUT2D eigenvalue weighted by atomic mass is 10.1. The molecule has 3 rings (SSSR count). The van der Waals surface area contributed by atoms with Crippen LogP contribution in [-0.2, 0) is 31.9 Å². The smallest absolute Gasteiger partial charge is 0.219 e. The summed E-state index contributed by atoms with van der Waals surface area (Å²) >= 11 is -1.55. The Morgan fingerprint density at radius 1 is 1.03 bits per heavy atom. The van der Waals surface area contributed by atoms with Crippen LogP contribution >= 0.6 is 0 Å². The molecule has 0 spiro atoms. The number of hydrogen-bond acceptors (Lipinski definition) is 6. The molecule has 0 aliphatic carbocycles. The Morgan fingerprint density at radius 2 is 1.65 bits per heavy atom. The molecule has 1 aliphatic rings. The molecule has 1 atom stereocenters. The van der Waals surface area contributed by atoms with Crippen LogP contribution in [0, 0.1) is 6.92 Å². The van der Waals surface area contributed by atoms with Crippen LogP contribution in [0.3, 0.4) is 0 Å². The first-order chi connectivity index (χ1) is 15.0. The minimum absolute atomic E-state index is 0.0894. The maximum absolute atomic E-state index is 11.0. The first-order valence-electron chi connectivity index (χ1n) is 10.1. The van der Waals surface area contributed by atoms with Crippen LogP contribution in [0.4, 0.5) is 0 Å². The van der Waals surface area contributed by atoms with Gasteiger partial charge in [-0.25, -0.2) is 4.21 Å². The van der Waals surface area contributed by atoms with E-state index in [1.54, 1.807) is 31.5 Å². The highest BCUT2D eigenvalue weighted by Crippen LogP contribution is 2.12. The highest BCUT2D eigenvalue weighted by Gasteiger charge is 2.11. The van der Waals surface area contributed by atoms with Gasteiger partial charge in [-0.3, -0.25) is 9.78 Å². The number of likely N-dealkylation sites (tertiary alicyclic amines) is 1. The maximum atomic E-state index is 11.0. The lowest BCUT2D eigenvalue weighted by Gasteiger charge is -2.24. The molecule has 2 aromatic rings. The monoisotopic (exact) mass is 446 g/mol. The number of nitrogens with zero attached hydrogens (tertiary/aromatic N) is 2. The van der Waals surface area contributed by atoms with Crippen molar-refractivity contribution in [2.75, 3.05) is 18.8 Å². The summed E-state index contributed by atoms with van der Waals surface area (Å²) in [6, 6.07) is 10.8. The van der Waals surface area contributed by atoms with Crippen molar-refractivity contribution in [3.63, 3.8) is 0 Å². The zero-order chi connectivity index (χ0) is 22.9. The number of amides is 1. The Morgan fingerprint density at radius 3 is 2.13 bits per heavy atom. The van der Waals surface area contributed by atoms with Gasteiger partial charge in [-0.1, -0.05) is 17.7 Å². The molecule has 0 saturated carbocycles. The van der Waals surface area contributed by atoms with Gasteiger partial charge in [-0.15, -0.1) is 0 Å². The summed E-state index contributed by atoms with van der Waals surface area (Å²) in [6.07, 6.45) is 8.99. The van der Waals surface area contributed by atoms with Gasteiger partial charge in [0.2, 0.25) is 17.0 Å². The van der Waals surface area contributed by atoms with Crippen molar-refractivity contribution in [1.82, 2.24) is 9.88 Å². The number of benzene rings is 1. The zero-order valence-corrected chi connectivity index (χ0v) is 18.9. The van der Waals surface area contributed by atoms with Crippen LogP contribution in [0.2, 0.25) is 0 Å². The standard InChI is InChI=1S/C9H10O3S.C7H7NO.C7H13NO/c1-8-2-4-9(5-3-8)12-13(11)7-6-10;9-6-3-7-1-4-8-5-2-7;1-7(9)8-5-3-2-4-6-8/h2-6H,7H2,1H3;1-2,4-6H,3H2;2-6H2,1H3. The highest BCUT2D eigenvalue weighted by atomic mass is 32.2. The molecular formula is C23H30N2O5S. The second-order valence-corrected chi connectivity index (χ2v) is 7.93. The van der Waals surface area contributed by atoms with Crippen LogP contribution in [0.25, 0.3) is 0 Å². The topological polar surface area (TPSA) is 93.6 Å². The van der Waals surface area contributed by atoms with Crippen molar-refractivity contribution in [3.8, 4) is 5.75 Å². The van der Waals surface area contributed by atoms with E-state index in [-0.39, 0.29) is 11.7 Å². The number of piperidine rings is 1. The summed E-state index contributed by atoms with van der Waals surface area (Å²) in [5.74, 6) is 0.661. The lowest BCUT2D eigenvalue weighted by Crippen LogP contribution is -2.33. The van der Waals surface area contributed by atoms with Crippen LogP contribution in [0.5, 0.6) is 5.75 Å². The molecule has 1 aromatic heterocycles. The summed E-state index contributed by atoms with van der Waals surface area (Å²) in [5, 5.41) is 0. The number of carbonyl (C=O) groups excluding carboxylic acids is 3. The molecule has 7 nitrogen and oxygen atoms in total. The number of pyridine rings is 1. The normalized spacial score (nSPS) is 13.4. The molecule has 1 aliphatic heterocycles. The summed E-state index contributed by atoms with van der Waals surface area (Å²) in [7, 11) is 0. The number of aldehydes is 2. The molecule has 1 aromatic carbocycles. The van der Waals surface area contributed by atoms with Gasteiger partial charge in [-0.2, -0.15) is 0 Å². The molecule has 0 N–H and O–H groups in total. The minimum atomic E-state index is -1.55. The average Bonchev–Trinajstić information content (AvgIpc) is 2.78. The SMILES string of the molecule is CC(=O)N1CCCCC1.Cc1ccc(OS(=O)CC=O)cc1.O=CCc1ccncc1. The first kappa shape index (κ1) is 26.2. The number of aromatic nitrogens is 1. The Hall–Kier alpha value is -2.87. The molecule has 168 valence electrons. The maximum Gasteiger partial charge on any atom is 0.219 e. The van der Waals surface area contributed by atoms with Crippen molar-refractivity contribution >= 4 is 29.6 Å². The second-order valence-electron chi connectivity index (χ2n) is 6.83. The van der Waals surface area contributed by atoms with Gasteiger partial charge >= 0.3 is 0 Å². The quantitative estimate of drug-likeness (QED) is 0.633. The van der Waals surface area contributed by atoms with Crippen molar-refractivity contribution in [2.45, 2.75) is 39.5 Å². The van der Waals surface area contributed by atoms with E-state index < -0.39 is 11.1 Å². The van der Waals surface area contributed by atoms with Gasteiger partial charge in [0.25, 0.3) is 0 Å². The fourth-order valence-electron chi connectivity index (χ4n) is 2.61. The molecule has 31 heavy (non-hydrogen) atoms. The largest absolute Gasteiger partial charge is 0.400 e. The Balaban J connectivity index is 0.000000239. The second kappa shape index (κ2) is 15.9. The molecule has 1 saturated heterocycles. The van der Waals surface area contributed by atoms with Gasteiger partial charge in [-0.05, 0) is 56.0 Å².